The van der Waals surface area contributed by atoms with E-state index in [1.54, 1.807) is 19.4 Å². The molecule has 0 fully saturated rings. The highest BCUT2D eigenvalue weighted by Crippen LogP contribution is 2.16. The van der Waals surface area contributed by atoms with Gasteiger partial charge < -0.3 is 14.8 Å². The van der Waals surface area contributed by atoms with E-state index < -0.39 is 0 Å². The lowest BCUT2D eigenvalue weighted by atomic mass is 10.3. The van der Waals surface area contributed by atoms with Crippen molar-refractivity contribution in [3.8, 4) is 0 Å². The first-order valence-corrected chi connectivity index (χ1v) is 8.15. The summed E-state index contributed by atoms with van der Waals surface area (Å²) in [5.41, 5.74) is 0.607. The molecule has 8 heteroatoms. The minimum Gasteiger partial charge on any atom is -0.466 e. The summed E-state index contributed by atoms with van der Waals surface area (Å²) < 4.78 is 9.73. The van der Waals surface area contributed by atoms with Crippen LogP contribution in [0, 0.1) is 0 Å². The number of amides is 1. The largest absolute Gasteiger partial charge is 0.466 e. The van der Waals surface area contributed by atoms with Crippen LogP contribution in [0.3, 0.4) is 0 Å². The normalized spacial score (nSPS) is 10.3. The van der Waals surface area contributed by atoms with Crippen molar-refractivity contribution in [3.05, 3.63) is 11.1 Å². The molecule has 112 valence electrons. The molecule has 0 aliphatic carbocycles. The van der Waals surface area contributed by atoms with Gasteiger partial charge in [-0.25, -0.2) is 4.98 Å². The zero-order chi connectivity index (χ0) is 14.8. The van der Waals surface area contributed by atoms with E-state index >= 15 is 0 Å². The van der Waals surface area contributed by atoms with Gasteiger partial charge >= 0.3 is 5.97 Å². The van der Waals surface area contributed by atoms with Crippen molar-refractivity contribution in [2.75, 3.05) is 37.1 Å². The van der Waals surface area contributed by atoms with Crippen LogP contribution in [0.15, 0.2) is 5.38 Å². The SMILES string of the molecule is CCOC(=O)Cc1csc(NC(=O)CSCCOC)n1. The Bertz CT molecular complexity index is 437. The Hall–Kier alpha value is -1.12. The molecule has 6 nitrogen and oxygen atoms in total. The average Bonchev–Trinajstić information content (AvgIpc) is 2.82. The molecule has 0 spiro atoms. The topological polar surface area (TPSA) is 77.5 Å². The predicted octanol–water partition coefficient (Wildman–Crippen LogP) is 1.57. The Morgan fingerprint density at radius 3 is 3.00 bits per heavy atom. The standard InChI is InChI=1S/C12H18N2O4S2/c1-3-18-11(16)6-9-7-20-12(13-9)14-10(15)8-19-5-4-17-2/h7H,3-6,8H2,1-2H3,(H,13,14,15). The van der Waals surface area contributed by atoms with Crippen molar-refractivity contribution in [1.82, 2.24) is 4.98 Å². The molecular formula is C12H18N2O4S2. The molecule has 0 aromatic carbocycles. The van der Waals surface area contributed by atoms with Crippen LogP contribution < -0.4 is 5.32 Å². The zero-order valence-electron chi connectivity index (χ0n) is 11.5. The van der Waals surface area contributed by atoms with Crippen LogP contribution in [-0.4, -0.2) is 48.7 Å². The number of carbonyl (C=O) groups excluding carboxylic acids is 2. The summed E-state index contributed by atoms with van der Waals surface area (Å²) in [6.07, 6.45) is 0.128. The molecule has 0 aliphatic rings. The van der Waals surface area contributed by atoms with Crippen molar-refractivity contribution in [2.45, 2.75) is 13.3 Å². The number of thioether (sulfide) groups is 1. The number of nitrogens with one attached hydrogen (secondary N) is 1. The molecule has 0 radical (unpaired) electrons. The summed E-state index contributed by atoms with van der Waals surface area (Å²) in [6, 6.07) is 0. The first-order chi connectivity index (χ1) is 9.65. The number of rotatable bonds is 9. The Morgan fingerprint density at radius 1 is 1.50 bits per heavy atom. The van der Waals surface area contributed by atoms with E-state index in [1.807, 2.05) is 0 Å². The van der Waals surface area contributed by atoms with Crippen LogP contribution >= 0.6 is 23.1 Å². The van der Waals surface area contributed by atoms with Gasteiger partial charge in [0.1, 0.15) is 0 Å². The predicted molar refractivity (Wildman–Crippen MR) is 80.3 cm³/mol. The number of anilines is 1. The molecule has 0 aliphatic heterocycles. The van der Waals surface area contributed by atoms with E-state index in [2.05, 4.69) is 10.3 Å². The number of nitrogens with zero attached hydrogens (tertiary/aromatic N) is 1. The fraction of sp³-hybridized carbons (Fsp3) is 0.583. The molecule has 1 heterocycles. The molecule has 0 unspecified atom stereocenters. The third-order valence-corrected chi connectivity index (χ3v) is 3.82. The number of hydrogen-bond acceptors (Lipinski definition) is 7. The molecule has 0 saturated carbocycles. The monoisotopic (exact) mass is 318 g/mol. The van der Waals surface area contributed by atoms with Crippen molar-refractivity contribution in [2.24, 2.45) is 0 Å². The van der Waals surface area contributed by atoms with Crippen LogP contribution in [0.2, 0.25) is 0 Å². The van der Waals surface area contributed by atoms with Crippen LogP contribution in [-0.2, 0) is 25.5 Å². The highest BCUT2D eigenvalue weighted by atomic mass is 32.2. The van der Waals surface area contributed by atoms with Gasteiger partial charge in [-0.3, -0.25) is 9.59 Å². The summed E-state index contributed by atoms with van der Waals surface area (Å²) in [5, 5.41) is 4.94. The van der Waals surface area contributed by atoms with Crippen LogP contribution in [0.1, 0.15) is 12.6 Å². The fourth-order valence-electron chi connectivity index (χ4n) is 1.27. The van der Waals surface area contributed by atoms with E-state index in [1.165, 1.54) is 23.1 Å². The lowest BCUT2D eigenvalue weighted by Crippen LogP contribution is -2.15. The van der Waals surface area contributed by atoms with Crippen molar-refractivity contribution in [3.63, 3.8) is 0 Å². The Kier molecular flexibility index (Phi) is 8.24. The van der Waals surface area contributed by atoms with Gasteiger partial charge in [-0.1, -0.05) is 0 Å². The first kappa shape index (κ1) is 16.9. The van der Waals surface area contributed by atoms with Gasteiger partial charge in [0.15, 0.2) is 5.13 Å². The zero-order valence-corrected chi connectivity index (χ0v) is 13.1. The summed E-state index contributed by atoms with van der Waals surface area (Å²) in [7, 11) is 1.63. The van der Waals surface area contributed by atoms with Crippen LogP contribution in [0.4, 0.5) is 5.13 Å². The number of methoxy groups -OCH3 is 1. The maximum absolute atomic E-state index is 11.6. The smallest absolute Gasteiger partial charge is 0.311 e. The number of ether oxygens (including phenoxy) is 2. The highest BCUT2D eigenvalue weighted by Gasteiger charge is 2.10. The second-order valence-corrected chi connectivity index (χ2v) is 5.68. The molecule has 1 amide bonds. The minimum atomic E-state index is -0.314. The van der Waals surface area contributed by atoms with Gasteiger partial charge in [0, 0.05) is 18.2 Å². The molecule has 0 saturated heterocycles. The van der Waals surface area contributed by atoms with Gasteiger partial charge in [0.2, 0.25) is 5.91 Å². The minimum absolute atomic E-state index is 0.108. The molecule has 1 N–H and O–H groups in total. The van der Waals surface area contributed by atoms with Gasteiger partial charge in [-0.2, -0.15) is 0 Å². The number of thiazole rings is 1. The maximum atomic E-state index is 11.6. The third-order valence-electron chi connectivity index (χ3n) is 2.09. The Balaban J connectivity index is 2.32. The van der Waals surface area contributed by atoms with Crippen LogP contribution in [0.25, 0.3) is 0 Å². The first-order valence-electron chi connectivity index (χ1n) is 6.12. The number of hydrogen-bond donors (Lipinski definition) is 1. The lowest BCUT2D eigenvalue weighted by molar-refractivity contribution is -0.142. The quantitative estimate of drug-likeness (QED) is 0.550. The van der Waals surface area contributed by atoms with Gasteiger partial charge in [0.25, 0.3) is 0 Å². The second-order valence-electron chi connectivity index (χ2n) is 3.72. The molecule has 0 atom stereocenters. The van der Waals surface area contributed by atoms with E-state index in [-0.39, 0.29) is 18.3 Å². The third kappa shape index (κ3) is 6.88. The van der Waals surface area contributed by atoms with E-state index in [9.17, 15) is 9.59 Å². The molecule has 1 aromatic heterocycles. The van der Waals surface area contributed by atoms with Gasteiger partial charge in [-0.05, 0) is 6.92 Å². The number of esters is 1. The van der Waals surface area contributed by atoms with Gasteiger partial charge in [-0.15, -0.1) is 23.1 Å². The molecule has 20 heavy (non-hydrogen) atoms. The van der Waals surface area contributed by atoms with Crippen molar-refractivity contribution >= 4 is 40.1 Å². The number of carbonyl (C=O) groups is 2. The average molecular weight is 318 g/mol. The van der Waals surface area contributed by atoms with Crippen molar-refractivity contribution in [1.29, 1.82) is 0 Å². The van der Waals surface area contributed by atoms with Crippen LogP contribution in [0.5, 0.6) is 0 Å². The molecule has 1 rings (SSSR count). The van der Waals surface area contributed by atoms with E-state index in [0.717, 1.165) is 5.75 Å². The molecular weight excluding hydrogens is 300 g/mol. The van der Waals surface area contributed by atoms with E-state index in [4.69, 9.17) is 9.47 Å². The highest BCUT2D eigenvalue weighted by molar-refractivity contribution is 7.99. The lowest BCUT2D eigenvalue weighted by Gasteiger charge is -2.01. The summed E-state index contributed by atoms with van der Waals surface area (Å²) in [6.45, 7) is 2.73. The van der Waals surface area contributed by atoms with E-state index in [0.29, 0.717) is 29.8 Å². The maximum Gasteiger partial charge on any atom is 0.311 e. The second kappa shape index (κ2) is 9.73. The Labute approximate surface area is 126 Å². The molecule has 0 bridgehead atoms. The molecule has 1 aromatic rings. The number of aromatic nitrogens is 1. The van der Waals surface area contributed by atoms with Gasteiger partial charge in [0.05, 0.1) is 31.1 Å². The summed E-state index contributed by atoms with van der Waals surface area (Å²) >= 11 is 2.79. The summed E-state index contributed by atoms with van der Waals surface area (Å²) in [4.78, 5) is 27.1. The summed E-state index contributed by atoms with van der Waals surface area (Å²) in [5.74, 6) is 0.709. The fourth-order valence-corrected chi connectivity index (χ4v) is 2.68. The van der Waals surface area contributed by atoms with Crippen molar-refractivity contribution < 1.29 is 19.1 Å². The Morgan fingerprint density at radius 2 is 2.30 bits per heavy atom.